The summed E-state index contributed by atoms with van der Waals surface area (Å²) in [4.78, 5) is 0. The van der Waals surface area contributed by atoms with Crippen LogP contribution in [0, 0.1) is 11.6 Å². The molecule has 1 aromatic carbocycles. The molecule has 0 aromatic heterocycles. The lowest BCUT2D eigenvalue weighted by Gasteiger charge is -2.12. The van der Waals surface area contributed by atoms with Crippen LogP contribution in [-0.2, 0) is 0 Å². The van der Waals surface area contributed by atoms with E-state index in [-0.39, 0.29) is 30.7 Å². The van der Waals surface area contributed by atoms with E-state index in [1.807, 2.05) is 0 Å². The summed E-state index contributed by atoms with van der Waals surface area (Å²) >= 11 is 0. The second kappa shape index (κ2) is 7.38. The summed E-state index contributed by atoms with van der Waals surface area (Å²) in [6.07, 6.45) is 0.421. The van der Waals surface area contributed by atoms with Gasteiger partial charge in [0.25, 0.3) is 0 Å². The number of nitrogens with one attached hydrogen (secondary N) is 1. The van der Waals surface area contributed by atoms with Crippen LogP contribution in [-0.4, -0.2) is 24.3 Å². The van der Waals surface area contributed by atoms with Gasteiger partial charge in [-0.15, -0.1) is 12.4 Å². The van der Waals surface area contributed by atoms with Crippen LogP contribution < -0.4 is 11.1 Å². The average Bonchev–Trinajstić information content (AvgIpc) is 2.21. The lowest BCUT2D eigenvalue weighted by molar-refractivity contribution is 0.277. The van der Waals surface area contributed by atoms with Gasteiger partial charge in [0.1, 0.15) is 0 Å². The molecule has 0 aliphatic carbocycles. The van der Waals surface area contributed by atoms with Crippen LogP contribution >= 0.6 is 12.4 Å². The molecule has 0 radical (unpaired) electrons. The minimum atomic E-state index is -0.909. The first-order valence-electron chi connectivity index (χ1n) is 4.69. The molecule has 0 aliphatic heterocycles. The van der Waals surface area contributed by atoms with E-state index in [9.17, 15) is 8.78 Å². The molecule has 16 heavy (non-hydrogen) atoms. The summed E-state index contributed by atoms with van der Waals surface area (Å²) in [5.41, 5.74) is 5.67. The van der Waals surface area contributed by atoms with Gasteiger partial charge in [0.05, 0.1) is 5.69 Å². The predicted octanol–water partition coefficient (Wildman–Crippen LogP) is 1.51. The quantitative estimate of drug-likeness (QED) is 0.745. The third kappa shape index (κ3) is 4.30. The second-order valence-corrected chi connectivity index (χ2v) is 3.25. The molecule has 6 heteroatoms. The summed E-state index contributed by atoms with van der Waals surface area (Å²) in [5, 5.41) is 11.3. The highest BCUT2D eigenvalue weighted by atomic mass is 35.5. The highest BCUT2D eigenvalue weighted by Gasteiger charge is 2.08. The Bertz CT molecular complexity index is 326. The van der Waals surface area contributed by atoms with E-state index in [0.717, 1.165) is 6.07 Å². The Hall–Kier alpha value is -0.910. The Kier molecular flexibility index (Phi) is 6.96. The van der Waals surface area contributed by atoms with Gasteiger partial charge in [0, 0.05) is 19.2 Å². The molecule has 0 bridgehead atoms. The highest BCUT2D eigenvalue weighted by Crippen LogP contribution is 2.16. The molecule has 1 unspecified atom stereocenters. The number of nitrogens with two attached hydrogens (primary N) is 1. The minimum Gasteiger partial charge on any atom is -0.396 e. The second-order valence-electron chi connectivity index (χ2n) is 3.25. The Morgan fingerprint density at radius 3 is 2.69 bits per heavy atom. The molecular formula is C10H15ClF2N2O. The lowest BCUT2D eigenvalue weighted by atomic mass is 10.2. The topological polar surface area (TPSA) is 58.3 Å². The van der Waals surface area contributed by atoms with Gasteiger partial charge in [-0.2, -0.15) is 0 Å². The monoisotopic (exact) mass is 252 g/mol. The van der Waals surface area contributed by atoms with Gasteiger partial charge in [-0.1, -0.05) is 6.07 Å². The molecule has 0 fully saturated rings. The smallest absolute Gasteiger partial charge is 0.181 e. The van der Waals surface area contributed by atoms with Gasteiger partial charge < -0.3 is 16.2 Å². The van der Waals surface area contributed by atoms with E-state index in [4.69, 9.17) is 10.8 Å². The van der Waals surface area contributed by atoms with Crippen molar-refractivity contribution >= 4 is 18.1 Å². The number of hydrogen-bond acceptors (Lipinski definition) is 3. The predicted molar refractivity (Wildman–Crippen MR) is 61.8 cm³/mol. The van der Waals surface area contributed by atoms with Crippen molar-refractivity contribution in [2.24, 2.45) is 5.73 Å². The molecule has 1 atom stereocenters. The molecule has 0 saturated heterocycles. The van der Waals surface area contributed by atoms with E-state index < -0.39 is 11.6 Å². The molecule has 1 rings (SSSR count). The van der Waals surface area contributed by atoms with Crippen LogP contribution in [0.2, 0.25) is 0 Å². The van der Waals surface area contributed by atoms with Crippen LogP contribution in [0.4, 0.5) is 14.5 Å². The van der Waals surface area contributed by atoms with Crippen LogP contribution in [0.3, 0.4) is 0 Å². The fourth-order valence-corrected chi connectivity index (χ4v) is 1.15. The van der Waals surface area contributed by atoms with Crippen LogP contribution in [0.25, 0.3) is 0 Å². The van der Waals surface area contributed by atoms with Crippen molar-refractivity contribution in [3.63, 3.8) is 0 Å². The zero-order valence-corrected chi connectivity index (χ0v) is 9.44. The molecule has 0 spiro atoms. The molecular weight excluding hydrogens is 238 g/mol. The Balaban J connectivity index is 0.00000225. The summed E-state index contributed by atoms with van der Waals surface area (Å²) in [5.74, 6) is -1.80. The van der Waals surface area contributed by atoms with Crippen molar-refractivity contribution in [3.8, 4) is 0 Å². The van der Waals surface area contributed by atoms with Crippen LogP contribution in [0.1, 0.15) is 6.42 Å². The first-order valence-corrected chi connectivity index (χ1v) is 4.69. The molecule has 1 aromatic rings. The highest BCUT2D eigenvalue weighted by molar-refractivity contribution is 5.85. The Morgan fingerprint density at radius 1 is 1.38 bits per heavy atom. The van der Waals surface area contributed by atoms with Crippen LogP contribution in [0.5, 0.6) is 0 Å². The van der Waals surface area contributed by atoms with E-state index in [0.29, 0.717) is 13.0 Å². The van der Waals surface area contributed by atoms with Gasteiger partial charge in [-0.3, -0.25) is 0 Å². The summed E-state index contributed by atoms with van der Waals surface area (Å²) in [6, 6.07) is 3.62. The van der Waals surface area contributed by atoms with Crippen molar-refractivity contribution in [3.05, 3.63) is 29.8 Å². The van der Waals surface area contributed by atoms with Crippen molar-refractivity contribution in [1.82, 2.24) is 0 Å². The third-order valence-corrected chi connectivity index (χ3v) is 2.01. The summed E-state index contributed by atoms with van der Waals surface area (Å²) in [6.45, 7) is 0.273. The maximum Gasteiger partial charge on any atom is 0.181 e. The average molecular weight is 253 g/mol. The minimum absolute atomic E-state index is 0. The van der Waals surface area contributed by atoms with E-state index in [2.05, 4.69) is 5.32 Å². The van der Waals surface area contributed by atoms with Crippen molar-refractivity contribution < 1.29 is 13.9 Å². The molecule has 0 aliphatic rings. The molecule has 0 saturated carbocycles. The lowest BCUT2D eigenvalue weighted by Crippen LogP contribution is -2.30. The van der Waals surface area contributed by atoms with Crippen molar-refractivity contribution in [2.45, 2.75) is 12.5 Å². The maximum atomic E-state index is 13.1. The van der Waals surface area contributed by atoms with E-state index in [1.54, 1.807) is 0 Å². The van der Waals surface area contributed by atoms with Crippen molar-refractivity contribution in [1.29, 1.82) is 0 Å². The molecule has 92 valence electrons. The van der Waals surface area contributed by atoms with Gasteiger partial charge in [0.15, 0.2) is 11.6 Å². The van der Waals surface area contributed by atoms with Gasteiger partial charge >= 0.3 is 0 Å². The van der Waals surface area contributed by atoms with Crippen molar-refractivity contribution in [2.75, 3.05) is 18.5 Å². The Labute approximate surface area is 99.1 Å². The largest absolute Gasteiger partial charge is 0.396 e. The number of aliphatic hydroxyl groups is 1. The zero-order chi connectivity index (χ0) is 11.3. The van der Waals surface area contributed by atoms with Gasteiger partial charge in [-0.25, -0.2) is 8.78 Å². The van der Waals surface area contributed by atoms with Gasteiger partial charge in [0.2, 0.25) is 0 Å². The molecule has 0 heterocycles. The standard InChI is InChI=1S/C10H14F2N2O.ClH/c11-8-2-1-3-9(10(8)12)14-6-7(13)4-5-15;/h1-3,7,14-15H,4-6,13H2;1H. The van der Waals surface area contributed by atoms with Crippen LogP contribution in [0.15, 0.2) is 18.2 Å². The molecule has 0 amide bonds. The molecule has 4 N–H and O–H groups in total. The number of aliphatic hydroxyl groups excluding tert-OH is 1. The first kappa shape index (κ1) is 15.1. The normalized spacial score (nSPS) is 11.8. The Morgan fingerprint density at radius 2 is 2.06 bits per heavy atom. The number of hydrogen-bond donors (Lipinski definition) is 3. The van der Waals surface area contributed by atoms with E-state index in [1.165, 1.54) is 12.1 Å². The maximum absolute atomic E-state index is 13.1. The number of halogens is 3. The summed E-state index contributed by atoms with van der Waals surface area (Å²) < 4.78 is 25.9. The van der Waals surface area contributed by atoms with Gasteiger partial charge in [-0.05, 0) is 18.6 Å². The number of anilines is 1. The molecule has 3 nitrogen and oxygen atoms in total. The first-order chi connectivity index (χ1) is 7.15. The number of benzene rings is 1. The third-order valence-electron chi connectivity index (χ3n) is 2.01. The SMILES string of the molecule is Cl.NC(CCO)CNc1cccc(F)c1F. The number of rotatable bonds is 5. The fourth-order valence-electron chi connectivity index (χ4n) is 1.15. The zero-order valence-electron chi connectivity index (χ0n) is 8.62. The van der Waals surface area contributed by atoms with E-state index >= 15 is 0 Å². The fraction of sp³-hybridized carbons (Fsp3) is 0.400. The summed E-state index contributed by atoms with van der Waals surface area (Å²) in [7, 11) is 0.